The van der Waals surface area contributed by atoms with E-state index in [4.69, 9.17) is 16.3 Å². The average Bonchev–Trinajstić information content (AvgIpc) is 2.79. The molecule has 0 aliphatic heterocycles. The summed E-state index contributed by atoms with van der Waals surface area (Å²) in [6.45, 7) is 0.388. The Balaban J connectivity index is 1.28. The maximum atomic E-state index is 12.4. The van der Waals surface area contributed by atoms with Gasteiger partial charge in [0, 0.05) is 22.4 Å². The van der Waals surface area contributed by atoms with Crippen molar-refractivity contribution < 1.29 is 9.53 Å². The maximum Gasteiger partial charge on any atom is 0.162 e. The van der Waals surface area contributed by atoms with Crippen LogP contribution in [0.1, 0.15) is 34.5 Å². The molecule has 0 unspecified atom stereocenters. The van der Waals surface area contributed by atoms with Crippen molar-refractivity contribution in [2.24, 2.45) is 0 Å². The molecule has 0 radical (unpaired) electrons. The Hall–Kier alpha value is -3.17. The van der Waals surface area contributed by atoms with E-state index in [0.29, 0.717) is 18.6 Å². The molecule has 150 valence electrons. The molecule has 1 heterocycles. The molecule has 30 heavy (non-hydrogen) atoms. The monoisotopic (exact) mass is 415 g/mol. The highest BCUT2D eigenvalue weighted by Gasteiger charge is 2.07. The molecule has 4 aromatic rings. The minimum atomic E-state index is 0.145. The Bertz CT molecular complexity index is 1140. The van der Waals surface area contributed by atoms with Crippen molar-refractivity contribution in [2.45, 2.75) is 25.9 Å². The number of ether oxygens (including phenoxy) is 1. The zero-order chi connectivity index (χ0) is 20.8. The summed E-state index contributed by atoms with van der Waals surface area (Å²) >= 11 is 5.90. The van der Waals surface area contributed by atoms with Gasteiger partial charge in [0.2, 0.25) is 0 Å². The summed E-state index contributed by atoms with van der Waals surface area (Å²) in [7, 11) is 0. The van der Waals surface area contributed by atoms with Crippen LogP contribution in [-0.4, -0.2) is 10.8 Å². The first-order chi connectivity index (χ1) is 14.7. The first-order valence-corrected chi connectivity index (χ1v) is 10.4. The molecular formula is C26H22ClNO2. The van der Waals surface area contributed by atoms with E-state index >= 15 is 0 Å². The molecule has 0 saturated heterocycles. The first kappa shape index (κ1) is 20.1. The Labute approximate surface area is 181 Å². The van der Waals surface area contributed by atoms with Gasteiger partial charge in [0.1, 0.15) is 12.4 Å². The number of pyridine rings is 1. The molecule has 4 rings (SSSR count). The van der Waals surface area contributed by atoms with Gasteiger partial charge in [-0.25, -0.2) is 4.98 Å². The smallest absolute Gasteiger partial charge is 0.162 e. The zero-order valence-corrected chi connectivity index (χ0v) is 17.3. The van der Waals surface area contributed by atoms with E-state index in [0.717, 1.165) is 40.2 Å². The normalized spacial score (nSPS) is 10.8. The summed E-state index contributed by atoms with van der Waals surface area (Å²) in [5.74, 6) is 0.870. The van der Waals surface area contributed by atoms with Crippen molar-refractivity contribution in [1.82, 2.24) is 4.98 Å². The van der Waals surface area contributed by atoms with Gasteiger partial charge in [-0.15, -0.1) is 0 Å². The second-order valence-corrected chi connectivity index (χ2v) is 7.65. The highest BCUT2D eigenvalue weighted by molar-refractivity contribution is 6.30. The lowest BCUT2D eigenvalue weighted by Gasteiger charge is -2.08. The quantitative estimate of drug-likeness (QED) is 0.301. The minimum Gasteiger partial charge on any atom is -0.487 e. The Morgan fingerprint density at radius 2 is 1.63 bits per heavy atom. The molecular weight excluding hydrogens is 394 g/mol. The van der Waals surface area contributed by atoms with Gasteiger partial charge in [0.05, 0.1) is 11.2 Å². The van der Waals surface area contributed by atoms with E-state index in [9.17, 15) is 4.79 Å². The number of Topliss-reactive ketones (excluding diaryl/α,β-unsaturated/α-hetero) is 1. The van der Waals surface area contributed by atoms with Crippen molar-refractivity contribution in [3.05, 3.63) is 107 Å². The standard InChI is InChI=1S/C26H22ClNO2/c27-22-13-8-19(9-14-22)4-3-7-26(29)21-11-16-24(17-12-21)30-18-23-15-10-20-5-1-2-6-25(20)28-23/h1-2,5-6,8-17H,3-4,7,18H2. The van der Waals surface area contributed by atoms with Crippen LogP contribution in [0.4, 0.5) is 0 Å². The number of nitrogens with zero attached hydrogens (tertiary/aromatic N) is 1. The van der Waals surface area contributed by atoms with Gasteiger partial charge < -0.3 is 4.74 Å². The molecule has 4 heteroatoms. The summed E-state index contributed by atoms with van der Waals surface area (Å²) in [6, 6.07) is 27.1. The van der Waals surface area contributed by atoms with E-state index in [2.05, 4.69) is 4.98 Å². The number of aromatic nitrogens is 1. The average molecular weight is 416 g/mol. The van der Waals surface area contributed by atoms with Crippen molar-refractivity contribution in [2.75, 3.05) is 0 Å². The Kier molecular flexibility index (Phi) is 6.41. The van der Waals surface area contributed by atoms with Crippen LogP contribution in [0.3, 0.4) is 0 Å². The van der Waals surface area contributed by atoms with Gasteiger partial charge >= 0.3 is 0 Å². The van der Waals surface area contributed by atoms with E-state index in [1.807, 2.05) is 84.9 Å². The van der Waals surface area contributed by atoms with Crippen LogP contribution >= 0.6 is 11.6 Å². The topological polar surface area (TPSA) is 39.2 Å². The molecule has 0 fully saturated rings. The fourth-order valence-corrected chi connectivity index (χ4v) is 3.46. The molecule has 0 amide bonds. The number of hydrogen-bond acceptors (Lipinski definition) is 3. The van der Waals surface area contributed by atoms with E-state index in [1.54, 1.807) is 0 Å². The lowest BCUT2D eigenvalue weighted by Crippen LogP contribution is -2.01. The number of halogens is 1. The summed E-state index contributed by atoms with van der Waals surface area (Å²) in [5.41, 5.74) is 3.73. The summed E-state index contributed by atoms with van der Waals surface area (Å²) in [4.78, 5) is 17.0. The molecule has 0 spiro atoms. The minimum absolute atomic E-state index is 0.145. The molecule has 0 aliphatic rings. The number of aryl methyl sites for hydroxylation is 1. The fourth-order valence-electron chi connectivity index (χ4n) is 3.33. The number of carbonyl (C=O) groups is 1. The number of para-hydroxylation sites is 1. The van der Waals surface area contributed by atoms with Crippen LogP contribution in [0.25, 0.3) is 10.9 Å². The summed E-state index contributed by atoms with van der Waals surface area (Å²) in [5, 5.41) is 1.84. The van der Waals surface area contributed by atoms with Crippen LogP contribution in [0.15, 0.2) is 84.9 Å². The van der Waals surface area contributed by atoms with Gasteiger partial charge in [-0.2, -0.15) is 0 Å². The van der Waals surface area contributed by atoms with Crippen molar-refractivity contribution in [3.8, 4) is 5.75 Å². The molecule has 3 nitrogen and oxygen atoms in total. The number of carbonyl (C=O) groups excluding carboxylic acids is 1. The van der Waals surface area contributed by atoms with E-state index < -0.39 is 0 Å². The van der Waals surface area contributed by atoms with Crippen LogP contribution < -0.4 is 4.74 Å². The third-order valence-corrected chi connectivity index (χ3v) is 5.25. The third kappa shape index (κ3) is 5.25. The predicted molar refractivity (Wildman–Crippen MR) is 121 cm³/mol. The van der Waals surface area contributed by atoms with Crippen molar-refractivity contribution >= 4 is 28.3 Å². The zero-order valence-electron chi connectivity index (χ0n) is 16.6. The van der Waals surface area contributed by atoms with Crippen molar-refractivity contribution in [3.63, 3.8) is 0 Å². The highest BCUT2D eigenvalue weighted by Crippen LogP contribution is 2.18. The lowest BCUT2D eigenvalue weighted by molar-refractivity contribution is 0.0980. The number of fused-ring (bicyclic) bond motifs is 1. The molecule has 3 aromatic carbocycles. The number of hydrogen-bond donors (Lipinski definition) is 0. The molecule has 0 saturated carbocycles. The molecule has 0 N–H and O–H groups in total. The highest BCUT2D eigenvalue weighted by atomic mass is 35.5. The van der Waals surface area contributed by atoms with E-state index in [1.165, 1.54) is 5.56 Å². The van der Waals surface area contributed by atoms with Gasteiger partial charge in [-0.1, -0.05) is 48.0 Å². The fraction of sp³-hybridized carbons (Fsp3) is 0.154. The number of ketones is 1. The van der Waals surface area contributed by atoms with Gasteiger partial charge in [0.25, 0.3) is 0 Å². The van der Waals surface area contributed by atoms with Crippen LogP contribution in [-0.2, 0) is 13.0 Å². The van der Waals surface area contributed by atoms with Gasteiger partial charge in [-0.3, -0.25) is 4.79 Å². The van der Waals surface area contributed by atoms with Gasteiger partial charge in [-0.05, 0) is 66.9 Å². The van der Waals surface area contributed by atoms with Gasteiger partial charge in [0.15, 0.2) is 5.78 Å². The second-order valence-electron chi connectivity index (χ2n) is 7.21. The largest absolute Gasteiger partial charge is 0.487 e. The molecule has 0 atom stereocenters. The lowest BCUT2D eigenvalue weighted by atomic mass is 10.0. The van der Waals surface area contributed by atoms with E-state index in [-0.39, 0.29) is 5.78 Å². The summed E-state index contributed by atoms with van der Waals surface area (Å²) in [6.07, 6.45) is 2.19. The predicted octanol–water partition coefficient (Wildman–Crippen LogP) is 6.67. The Morgan fingerprint density at radius 1 is 0.867 bits per heavy atom. The van der Waals surface area contributed by atoms with Crippen LogP contribution in [0, 0.1) is 0 Å². The molecule has 0 aliphatic carbocycles. The third-order valence-electron chi connectivity index (χ3n) is 5.00. The molecule has 0 bridgehead atoms. The summed E-state index contributed by atoms with van der Waals surface area (Å²) < 4.78 is 5.84. The Morgan fingerprint density at radius 3 is 2.43 bits per heavy atom. The maximum absolute atomic E-state index is 12.4. The molecule has 1 aromatic heterocycles. The number of benzene rings is 3. The SMILES string of the molecule is O=C(CCCc1ccc(Cl)cc1)c1ccc(OCc2ccc3ccccc3n2)cc1. The number of rotatable bonds is 8. The first-order valence-electron chi connectivity index (χ1n) is 10.0. The van der Waals surface area contributed by atoms with Crippen molar-refractivity contribution in [1.29, 1.82) is 0 Å². The van der Waals surface area contributed by atoms with Crippen LogP contribution in [0.2, 0.25) is 5.02 Å². The second kappa shape index (κ2) is 9.55. The van der Waals surface area contributed by atoms with Crippen LogP contribution in [0.5, 0.6) is 5.75 Å².